The van der Waals surface area contributed by atoms with Gasteiger partial charge in [-0.05, 0) is 84.7 Å². The van der Waals surface area contributed by atoms with Crippen molar-refractivity contribution in [1.82, 2.24) is 9.88 Å². The van der Waals surface area contributed by atoms with Crippen molar-refractivity contribution in [3.63, 3.8) is 0 Å². The van der Waals surface area contributed by atoms with Gasteiger partial charge in [0.25, 0.3) is 5.91 Å². The number of amides is 1. The Bertz CT molecular complexity index is 1770. The summed E-state index contributed by atoms with van der Waals surface area (Å²) < 4.78 is 38.1. The van der Waals surface area contributed by atoms with E-state index in [1.165, 1.54) is 13.8 Å². The van der Waals surface area contributed by atoms with E-state index in [1.54, 1.807) is 52.1 Å². The van der Waals surface area contributed by atoms with Crippen LogP contribution < -0.4 is 5.73 Å². The van der Waals surface area contributed by atoms with Gasteiger partial charge in [0.15, 0.2) is 12.1 Å². The summed E-state index contributed by atoms with van der Waals surface area (Å²) in [5.41, 5.74) is 3.94. The van der Waals surface area contributed by atoms with E-state index >= 15 is 0 Å². The zero-order valence-electron chi connectivity index (χ0n) is 36.6. The molecule has 17 heteroatoms. The van der Waals surface area contributed by atoms with Crippen molar-refractivity contribution < 1.29 is 57.9 Å². The van der Waals surface area contributed by atoms with Crippen molar-refractivity contribution in [3.8, 4) is 0 Å². The number of nitrogens with zero attached hydrogens (tertiary/aromatic N) is 4. The van der Waals surface area contributed by atoms with E-state index in [0.717, 1.165) is 5.56 Å². The second kappa shape index (κ2) is 20.0. The molecule has 14 atom stereocenters. The molecule has 0 saturated carbocycles. The number of carbonyl (C=O) groups is 3. The summed E-state index contributed by atoms with van der Waals surface area (Å²) in [5.74, 6) is -5.24. The van der Waals surface area contributed by atoms with Gasteiger partial charge >= 0.3 is 5.97 Å². The second-order valence-electron chi connectivity index (χ2n) is 17.4. The van der Waals surface area contributed by atoms with Crippen LogP contribution in [0.2, 0.25) is 0 Å². The molecule has 1 aromatic heterocycles. The first-order valence-corrected chi connectivity index (χ1v) is 20.9. The number of nitrogens with two attached hydrogens (primary N) is 1. The molecule has 0 radical (unpaired) electrons. The normalized spacial score (nSPS) is 39.6. The van der Waals surface area contributed by atoms with E-state index in [9.17, 15) is 24.6 Å². The van der Waals surface area contributed by atoms with E-state index in [4.69, 9.17) is 39.0 Å². The fourth-order valence-corrected chi connectivity index (χ4v) is 8.91. The number of hydrogen-bond donors (Lipinski definition) is 3. The van der Waals surface area contributed by atoms with Crippen LogP contribution in [0.25, 0.3) is 6.08 Å². The van der Waals surface area contributed by atoms with Crippen molar-refractivity contribution in [3.05, 3.63) is 30.0 Å². The van der Waals surface area contributed by atoms with E-state index in [1.807, 2.05) is 38.9 Å². The maximum Gasteiger partial charge on any atom is 0.316 e. The zero-order chi connectivity index (χ0) is 44.1. The van der Waals surface area contributed by atoms with Crippen LogP contribution in [0.5, 0.6) is 0 Å². The Balaban J connectivity index is 1.60. The van der Waals surface area contributed by atoms with Gasteiger partial charge in [0.05, 0.1) is 50.3 Å². The Kier molecular flexibility index (Phi) is 15.8. The molecule has 60 heavy (non-hydrogen) atoms. The summed E-state index contributed by atoms with van der Waals surface area (Å²) in [5, 5.41) is 28.4. The number of aliphatic hydroxyl groups is 2. The summed E-state index contributed by atoms with van der Waals surface area (Å²) >= 11 is 0. The van der Waals surface area contributed by atoms with Crippen LogP contribution in [0.4, 0.5) is 5.82 Å². The number of ether oxygens (including phenoxy) is 6. The topological polar surface area (TPSA) is 223 Å². The number of likely N-dealkylation sites (N-methyl/N-ethyl adjacent to an activating group) is 1. The number of esters is 1. The van der Waals surface area contributed by atoms with Crippen molar-refractivity contribution in [2.24, 2.45) is 33.8 Å². The average molecular weight is 844 g/mol. The number of anilines is 1. The lowest BCUT2D eigenvalue weighted by molar-refractivity contribution is -0.296. The third kappa shape index (κ3) is 10.8. The van der Waals surface area contributed by atoms with Crippen molar-refractivity contribution >= 4 is 41.0 Å². The quantitative estimate of drug-likeness (QED) is 0.185. The molecule has 4 aliphatic heterocycles. The number of fused-ring (bicyclic) bond motifs is 4. The van der Waals surface area contributed by atoms with Gasteiger partial charge in [-0.25, -0.2) is 9.98 Å². The number of aliphatic hydroxyl groups excluding tert-OH is 1. The van der Waals surface area contributed by atoms with Crippen LogP contribution in [0.15, 0.2) is 34.6 Å². The number of hydrogen-bond acceptors (Lipinski definition) is 16. The van der Waals surface area contributed by atoms with Crippen LogP contribution >= 0.6 is 0 Å². The minimum atomic E-state index is -1.85. The van der Waals surface area contributed by atoms with Crippen LogP contribution in [0, 0.1) is 23.7 Å². The van der Waals surface area contributed by atoms with Crippen molar-refractivity contribution in [2.45, 2.75) is 135 Å². The highest BCUT2D eigenvalue weighted by atomic mass is 16.7. The maximum atomic E-state index is 14.4. The first-order chi connectivity index (χ1) is 28.3. The van der Waals surface area contributed by atoms with E-state index in [-0.39, 0.29) is 57.1 Å². The number of aromatic nitrogens is 1. The van der Waals surface area contributed by atoms with Gasteiger partial charge in [-0.3, -0.25) is 14.4 Å². The Hall–Kier alpha value is -3.68. The largest absolute Gasteiger partial charge is 0.459 e. The molecule has 3 fully saturated rings. The summed E-state index contributed by atoms with van der Waals surface area (Å²) in [6.07, 6.45) is -1.18. The van der Waals surface area contributed by atoms with Crippen molar-refractivity contribution in [1.29, 1.82) is 0 Å². The molecule has 4 aliphatic rings. The van der Waals surface area contributed by atoms with E-state index in [2.05, 4.69) is 15.1 Å². The third-order valence-corrected chi connectivity index (χ3v) is 12.3. The molecule has 1 unspecified atom stereocenters. The summed E-state index contributed by atoms with van der Waals surface area (Å²) in [6.45, 7) is 13.2. The fourth-order valence-electron chi connectivity index (χ4n) is 8.91. The lowest BCUT2D eigenvalue weighted by atomic mass is 9.73. The summed E-state index contributed by atoms with van der Waals surface area (Å²) in [7, 11) is 3.73. The molecule has 1 amide bonds. The highest BCUT2D eigenvalue weighted by Gasteiger charge is 2.53. The Labute approximate surface area is 353 Å². The lowest BCUT2D eigenvalue weighted by Gasteiger charge is -2.47. The van der Waals surface area contributed by atoms with Gasteiger partial charge in [0.2, 0.25) is 6.10 Å². The average Bonchev–Trinajstić information content (AvgIpc) is 3.22. The van der Waals surface area contributed by atoms with Gasteiger partial charge in [-0.15, -0.1) is 0 Å². The molecule has 0 aromatic carbocycles. The SMILES string of the molecule is CC[C@H]1OC(=O)[C@H](C)C(=O)[C@H](C)[C@@H](O[C@@H]2O[C@H](C)C[C@H](N(C)C)[C@H]2O)[C@@]2(C)C[C@@H](C)C3=NC(=O)C(COC/C=C/c4ccnc(N)c4)O/N=C(/CO[C@H]([C@H]3C)[C@]1(C)O)CO2. The van der Waals surface area contributed by atoms with E-state index in [0.29, 0.717) is 18.0 Å². The number of pyridine rings is 1. The maximum absolute atomic E-state index is 14.4. The van der Waals surface area contributed by atoms with Gasteiger partial charge in [0, 0.05) is 29.8 Å². The monoisotopic (exact) mass is 843 g/mol. The van der Waals surface area contributed by atoms with Crippen LogP contribution in [0.3, 0.4) is 0 Å². The number of rotatable bonds is 9. The standard InChI is InChI=1S/C43H65N5O12/c1-11-32-43(8,53)38-25(4)34-23(2)19-42(7,37(26(5)35(49)27(6)40(52)58-32)59-41-36(50)30(48(9)10)17-24(3)57-41)56-21-29(20-55-38)47-60-31(39(51)46-34)22-54-16-12-13-28-14-15-45-33(44)18-28/h12-15,18,23-27,30-32,36-38,41,50,53H,11,16-17,19-22H2,1-10H3,(H2,44,45)/b13-12+,46-34?,47-29-/t23-,24-,25+,26+,27-,30+,31?,32-,36-,37-,38-,41+,42-,43-/m1/s1. The highest BCUT2D eigenvalue weighted by molar-refractivity contribution is 6.01. The minimum Gasteiger partial charge on any atom is -0.459 e. The summed E-state index contributed by atoms with van der Waals surface area (Å²) in [6, 6.07) is 3.19. The molecule has 1 aromatic rings. The zero-order valence-corrected chi connectivity index (χ0v) is 36.6. The van der Waals surface area contributed by atoms with Gasteiger partial charge in [-0.2, -0.15) is 0 Å². The predicted molar refractivity (Wildman–Crippen MR) is 222 cm³/mol. The smallest absolute Gasteiger partial charge is 0.316 e. The van der Waals surface area contributed by atoms with Crippen molar-refractivity contribution in [2.75, 3.05) is 46.3 Å². The number of carbonyl (C=O) groups excluding carboxylic acids is 3. The Morgan fingerprint density at radius 2 is 1.82 bits per heavy atom. The minimum absolute atomic E-state index is 0.131. The second-order valence-corrected chi connectivity index (χ2v) is 17.4. The summed E-state index contributed by atoms with van der Waals surface area (Å²) in [4.78, 5) is 59.0. The molecule has 3 saturated heterocycles. The number of ketones is 1. The third-order valence-electron chi connectivity index (χ3n) is 12.3. The molecule has 4 bridgehead atoms. The lowest BCUT2D eigenvalue weighted by Crippen LogP contribution is -2.60. The van der Waals surface area contributed by atoms with Gasteiger partial charge < -0.3 is 54.1 Å². The molecule has 334 valence electrons. The molecule has 5 rings (SSSR count). The number of cyclic esters (lactones) is 1. The molecule has 0 spiro atoms. The van der Waals surface area contributed by atoms with E-state index < -0.39 is 89.3 Å². The molecule has 5 heterocycles. The first-order valence-electron chi connectivity index (χ1n) is 20.9. The molecular weight excluding hydrogens is 778 g/mol. The number of oxime groups is 1. The predicted octanol–water partition coefficient (Wildman–Crippen LogP) is 2.99. The molecule has 4 N–H and O–H groups in total. The van der Waals surface area contributed by atoms with Gasteiger partial charge in [-0.1, -0.05) is 45.0 Å². The van der Waals surface area contributed by atoms with Crippen LogP contribution in [0.1, 0.15) is 80.2 Å². The molecule has 0 aliphatic carbocycles. The van der Waals surface area contributed by atoms with Crippen LogP contribution in [-0.4, -0.2) is 150 Å². The highest BCUT2D eigenvalue weighted by Crippen LogP contribution is 2.40. The fraction of sp³-hybridized carbons (Fsp3) is 0.721. The van der Waals surface area contributed by atoms with Gasteiger partial charge in [0.1, 0.15) is 35.3 Å². The first kappa shape index (κ1) is 47.4. The van der Waals surface area contributed by atoms with Crippen LogP contribution in [-0.2, 0) is 47.6 Å². The number of aliphatic imine (C=N–C) groups is 1. The number of nitrogen functional groups attached to an aromatic ring is 1. The Morgan fingerprint density at radius 3 is 2.50 bits per heavy atom. The molecule has 17 nitrogen and oxygen atoms in total. The Morgan fingerprint density at radius 1 is 1.08 bits per heavy atom. The number of Topliss-reactive ketones (excluding diaryl/α,β-unsaturated/α-hetero) is 1. The molecular formula is C43H65N5O12.